The first-order chi connectivity index (χ1) is 16.7. The molecule has 1 aliphatic carbocycles. The van der Waals surface area contributed by atoms with E-state index in [0.717, 1.165) is 57.8 Å². The Hall–Kier alpha value is -2.19. The quantitative estimate of drug-likeness (QED) is 0.542. The van der Waals surface area contributed by atoms with Crippen LogP contribution in [0.15, 0.2) is 30.5 Å². The topological polar surface area (TPSA) is 85.4 Å². The van der Waals surface area contributed by atoms with Crippen molar-refractivity contribution in [1.29, 1.82) is 0 Å². The maximum absolute atomic E-state index is 9.89. The zero-order valence-corrected chi connectivity index (χ0v) is 20.1. The molecule has 4 heterocycles. The molecular formula is C27H37N5O2. The van der Waals surface area contributed by atoms with Crippen LogP contribution < -0.4 is 10.9 Å². The molecule has 4 unspecified atom stereocenters. The van der Waals surface area contributed by atoms with E-state index in [1.54, 1.807) is 0 Å². The van der Waals surface area contributed by atoms with Gasteiger partial charge >= 0.3 is 0 Å². The number of aromatic hydroxyl groups is 1. The summed E-state index contributed by atoms with van der Waals surface area (Å²) >= 11 is 0. The molecule has 1 saturated carbocycles. The third-order valence-electron chi connectivity index (χ3n) is 8.59. The number of hydrogen-bond acceptors (Lipinski definition) is 6. The number of nitrogens with zero attached hydrogens (tertiary/aromatic N) is 2. The second kappa shape index (κ2) is 9.46. The molecule has 7 nitrogen and oxygen atoms in total. The van der Waals surface area contributed by atoms with Crippen LogP contribution in [0, 0.1) is 5.92 Å². The maximum atomic E-state index is 9.89. The van der Waals surface area contributed by atoms with Gasteiger partial charge in [-0.2, -0.15) is 0 Å². The van der Waals surface area contributed by atoms with Gasteiger partial charge in [-0.1, -0.05) is 19.1 Å². The molecule has 0 spiro atoms. The standard InChI is InChI=1S/C27H37N5O2/c1-2-17-13-21(33)4-6-22(17)18-3-5-23-24(14-18)30-31-26(23)27-28-15-25(29-27)19-7-10-32(16-19)20-8-11-34-12-9-20/h4,6-7,13,15,18,20,23-24,26,30-31,33H,2-3,5,8-12,14,16H2,1H3,(H,28,29). The number of fused-ring (bicyclic) bond motifs is 1. The highest BCUT2D eigenvalue weighted by molar-refractivity contribution is 5.66. The highest BCUT2D eigenvalue weighted by Crippen LogP contribution is 2.44. The van der Waals surface area contributed by atoms with E-state index in [2.05, 4.69) is 39.8 Å². The first-order valence-corrected chi connectivity index (χ1v) is 13.1. The Bertz CT molecular complexity index is 1040. The number of benzene rings is 1. The number of imidazole rings is 1. The normalized spacial score (nSPS) is 30.4. The molecule has 1 aromatic carbocycles. The van der Waals surface area contributed by atoms with Gasteiger partial charge in [0, 0.05) is 38.4 Å². The van der Waals surface area contributed by atoms with Crippen LogP contribution in [-0.4, -0.2) is 58.4 Å². The molecule has 0 amide bonds. The Kier molecular flexibility index (Phi) is 6.20. The molecule has 2 saturated heterocycles. The van der Waals surface area contributed by atoms with Crippen LogP contribution in [0.1, 0.15) is 73.6 Å². The van der Waals surface area contributed by atoms with Gasteiger partial charge in [0.15, 0.2) is 0 Å². The molecule has 4 N–H and O–H groups in total. The molecule has 1 aromatic heterocycles. The third-order valence-corrected chi connectivity index (χ3v) is 8.59. The smallest absolute Gasteiger partial charge is 0.125 e. The second-order valence-corrected chi connectivity index (χ2v) is 10.5. The fraction of sp³-hybridized carbons (Fsp3) is 0.593. The summed E-state index contributed by atoms with van der Waals surface area (Å²) in [5, 5.41) is 9.89. The number of phenols is 1. The van der Waals surface area contributed by atoms with Gasteiger partial charge in [0.2, 0.25) is 0 Å². The summed E-state index contributed by atoms with van der Waals surface area (Å²) < 4.78 is 5.54. The van der Waals surface area contributed by atoms with Crippen LogP contribution in [0.4, 0.5) is 0 Å². The van der Waals surface area contributed by atoms with Crippen LogP contribution in [0.2, 0.25) is 0 Å². The molecule has 7 heteroatoms. The van der Waals surface area contributed by atoms with E-state index >= 15 is 0 Å². The number of aromatic amines is 1. The van der Waals surface area contributed by atoms with Crippen LogP contribution in [0.3, 0.4) is 0 Å². The Morgan fingerprint density at radius 2 is 2.03 bits per heavy atom. The minimum Gasteiger partial charge on any atom is -0.508 e. The Labute approximate surface area is 202 Å². The number of rotatable bonds is 5. The van der Waals surface area contributed by atoms with Crippen molar-refractivity contribution in [2.75, 3.05) is 26.3 Å². The molecule has 4 aliphatic rings. The van der Waals surface area contributed by atoms with Gasteiger partial charge in [0.25, 0.3) is 0 Å². The summed E-state index contributed by atoms with van der Waals surface area (Å²) in [7, 11) is 0. The van der Waals surface area contributed by atoms with E-state index < -0.39 is 0 Å². The average molecular weight is 464 g/mol. The van der Waals surface area contributed by atoms with Gasteiger partial charge in [0.1, 0.15) is 11.6 Å². The van der Waals surface area contributed by atoms with E-state index in [1.807, 2.05) is 18.3 Å². The Morgan fingerprint density at radius 3 is 2.88 bits per heavy atom. The minimum absolute atomic E-state index is 0.221. The highest BCUT2D eigenvalue weighted by Gasteiger charge is 2.42. The molecule has 2 aromatic rings. The van der Waals surface area contributed by atoms with Gasteiger partial charge in [-0.3, -0.25) is 10.3 Å². The lowest BCUT2D eigenvalue weighted by molar-refractivity contribution is 0.0444. The summed E-state index contributed by atoms with van der Waals surface area (Å²) in [6.07, 6.45) is 11.1. The van der Waals surface area contributed by atoms with E-state index in [-0.39, 0.29) is 6.04 Å². The molecule has 182 valence electrons. The monoisotopic (exact) mass is 463 g/mol. The minimum atomic E-state index is 0.221. The third kappa shape index (κ3) is 4.19. The van der Waals surface area contributed by atoms with E-state index in [4.69, 9.17) is 9.72 Å². The van der Waals surface area contributed by atoms with Gasteiger partial charge in [-0.05, 0) is 79.2 Å². The maximum Gasteiger partial charge on any atom is 0.125 e. The van der Waals surface area contributed by atoms with Gasteiger partial charge in [-0.25, -0.2) is 10.4 Å². The van der Waals surface area contributed by atoms with Crippen molar-refractivity contribution in [3.8, 4) is 5.75 Å². The van der Waals surface area contributed by atoms with Gasteiger partial charge in [0.05, 0.1) is 17.9 Å². The molecular weight excluding hydrogens is 426 g/mol. The number of hydrazine groups is 1. The van der Waals surface area contributed by atoms with Crippen molar-refractivity contribution in [1.82, 2.24) is 25.7 Å². The molecule has 3 fully saturated rings. The summed E-state index contributed by atoms with van der Waals surface area (Å²) in [5.41, 5.74) is 12.4. The lowest BCUT2D eigenvalue weighted by atomic mass is 9.73. The van der Waals surface area contributed by atoms with Crippen molar-refractivity contribution >= 4 is 5.57 Å². The highest BCUT2D eigenvalue weighted by atomic mass is 16.5. The molecule has 6 rings (SSSR count). The number of aryl methyl sites for hydroxylation is 1. The van der Waals surface area contributed by atoms with Crippen LogP contribution in [0.5, 0.6) is 5.75 Å². The van der Waals surface area contributed by atoms with Gasteiger partial charge in [-0.15, -0.1) is 0 Å². The predicted molar refractivity (Wildman–Crippen MR) is 132 cm³/mol. The molecule has 3 aliphatic heterocycles. The SMILES string of the molecule is CCc1cc(O)ccc1C1CCC2C(C1)NNC2c1ncc(C2=CCN(C3CCOCC3)C2)[nH]1. The largest absolute Gasteiger partial charge is 0.508 e. The fourth-order valence-electron chi connectivity index (χ4n) is 6.67. The predicted octanol–water partition coefficient (Wildman–Crippen LogP) is 3.66. The number of aromatic nitrogens is 2. The number of hydrogen-bond donors (Lipinski definition) is 4. The Balaban J connectivity index is 1.10. The number of H-pyrrole nitrogens is 1. The van der Waals surface area contributed by atoms with E-state index in [0.29, 0.717) is 29.7 Å². The second-order valence-electron chi connectivity index (χ2n) is 10.5. The summed E-state index contributed by atoms with van der Waals surface area (Å²) in [6.45, 7) is 5.98. The Morgan fingerprint density at radius 1 is 1.15 bits per heavy atom. The molecule has 0 radical (unpaired) electrons. The zero-order chi connectivity index (χ0) is 23.1. The van der Waals surface area contributed by atoms with Crippen molar-refractivity contribution in [2.24, 2.45) is 5.92 Å². The summed E-state index contributed by atoms with van der Waals surface area (Å²) in [4.78, 5) is 11.1. The van der Waals surface area contributed by atoms with E-state index in [1.165, 1.54) is 35.2 Å². The van der Waals surface area contributed by atoms with Crippen molar-refractivity contribution in [3.05, 3.63) is 53.1 Å². The van der Waals surface area contributed by atoms with Gasteiger partial charge < -0.3 is 14.8 Å². The summed E-state index contributed by atoms with van der Waals surface area (Å²) in [5.74, 6) is 2.50. The number of ether oxygens (including phenoxy) is 1. The van der Waals surface area contributed by atoms with Crippen molar-refractivity contribution < 1.29 is 9.84 Å². The molecule has 4 atom stereocenters. The van der Waals surface area contributed by atoms with Crippen molar-refractivity contribution in [3.63, 3.8) is 0 Å². The zero-order valence-electron chi connectivity index (χ0n) is 20.1. The average Bonchev–Trinajstić information content (AvgIpc) is 3.63. The lowest BCUT2D eigenvalue weighted by Crippen LogP contribution is -2.38. The molecule has 34 heavy (non-hydrogen) atoms. The number of nitrogens with one attached hydrogen (secondary N) is 3. The van der Waals surface area contributed by atoms with Crippen LogP contribution >= 0.6 is 0 Å². The number of phenolic OH excluding ortho intramolecular Hbond substituents is 1. The first-order valence-electron chi connectivity index (χ1n) is 13.1. The molecule has 0 bridgehead atoms. The van der Waals surface area contributed by atoms with Crippen LogP contribution in [0.25, 0.3) is 5.57 Å². The van der Waals surface area contributed by atoms with Crippen LogP contribution in [-0.2, 0) is 11.2 Å². The first kappa shape index (κ1) is 22.3. The van der Waals surface area contributed by atoms with E-state index in [9.17, 15) is 5.11 Å². The fourth-order valence-corrected chi connectivity index (χ4v) is 6.67. The summed E-state index contributed by atoms with van der Waals surface area (Å²) in [6, 6.07) is 7.22. The lowest BCUT2D eigenvalue weighted by Gasteiger charge is -2.33. The van der Waals surface area contributed by atoms with Crippen molar-refractivity contribution in [2.45, 2.75) is 69.5 Å².